The van der Waals surface area contributed by atoms with Crippen LogP contribution in [-0.2, 0) is 22.6 Å². The highest BCUT2D eigenvalue weighted by atomic mass is 16.5. The highest BCUT2D eigenvalue weighted by Gasteiger charge is 2.35. The third-order valence-corrected chi connectivity index (χ3v) is 3.86. The molecular formula is C15H22N2O2. The van der Waals surface area contributed by atoms with E-state index in [2.05, 4.69) is 36.1 Å². The number of nitrogens with zero attached hydrogens (tertiary/aromatic N) is 1. The zero-order valence-corrected chi connectivity index (χ0v) is 11.6. The van der Waals surface area contributed by atoms with Gasteiger partial charge in [0.15, 0.2) is 0 Å². The minimum Gasteiger partial charge on any atom is -0.469 e. The van der Waals surface area contributed by atoms with Gasteiger partial charge in [-0.2, -0.15) is 0 Å². The van der Waals surface area contributed by atoms with Gasteiger partial charge in [0.2, 0.25) is 0 Å². The minimum absolute atomic E-state index is 0.00770. The SMILES string of the molecule is COC(=O)C1CN(Cc2ccc(CN)cc2)CC1C. The Balaban J connectivity index is 1.95. The van der Waals surface area contributed by atoms with E-state index in [0.717, 1.165) is 25.2 Å². The fourth-order valence-electron chi connectivity index (χ4n) is 2.69. The number of nitrogens with two attached hydrogens (primary N) is 1. The Labute approximate surface area is 114 Å². The van der Waals surface area contributed by atoms with Crippen molar-refractivity contribution in [1.82, 2.24) is 4.90 Å². The number of hydrogen-bond acceptors (Lipinski definition) is 4. The van der Waals surface area contributed by atoms with Crippen LogP contribution in [-0.4, -0.2) is 31.1 Å². The van der Waals surface area contributed by atoms with Crippen molar-refractivity contribution in [3.63, 3.8) is 0 Å². The molecule has 0 spiro atoms. The number of carbonyl (C=O) groups is 1. The monoisotopic (exact) mass is 262 g/mol. The standard InChI is InChI=1S/C15H22N2O2/c1-11-8-17(10-14(11)15(18)19-2)9-13-5-3-12(7-16)4-6-13/h3-6,11,14H,7-10,16H2,1-2H3. The molecule has 2 atom stereocenters. The Morgan fingerprint density at radius 1 is 1.32 bits per heavy atom. The van der Waals surface area contributed by atoms with Crippen LogP contribution in [0.1, 0.15) is 18.1 Å². The van der Waals surface area contributed by atoms with Crippen molar-refractivity contribution >= 4 is 5.97 Å². The summed E-state index contributed by atoms with van der Waals surface area (Å²) in [5.74, 6) is 0.276. The van der Waals surface area contributed by atoms with Gasteiger partial charge in [0.1, 0.15) is 0 Å². The van der Waals surface area contributed by atoms with E-state index in [9.17, 15) is 4.79 Å². The van der Waals surface area contributed by atoms with Crippen LogP contribution in [0.3, 0.4) is 0 Å². The van der Waals surface area contributed by atoms with Crippen molar-refractivity contribution in [1.29, 1.82) is 0 Å². The van der Waals surface area contributed by atoms with Crippen LogP contribution < -0.4 is 5.73 Å². The number of methoxy groups -OCH3 is 1. The molecule has 0 radical (unpaired) electrons. The lowest BCUT2D eigenvalue weighted by Crippen LogP contribution is -2.24. The van der Waals surface area contributed by atoms with Gasteiger partial charge in [-0.15, -0.1) is 0 Å². The number of esters is 1. The van der Waals surface area contributed by atoms with Gasteiger partial charge in [-0.05, 0) is 17.0 Å². The van der Waals surface area contributed by atoms with E-state index in [4.69, 9.17) is 10.5 Å². The van der Waals surface area contributed by atoms with Crippen LogP contribution in [0.25, 0.3) is 0 Å². The molecule has 1 heterocycles. The molecule has 1 aliphatic heterocycles. The second-order valence-electron chi connectivity index (χ2n) is 5.32. The molecule has 0 aliphatic carbocycles. The van der Waals surface area contributed by atoms with Crippen molar-refractivity contribution in [3.05, 3.63) is 35.4 Å². The molecule has 1 aromatic carbocycles. The number of benzene rings is 1. The first kappa shape index (κ1) is 14.0. The maximum absolute atomic E-state index is 11.6. The normalized spacial score (nSPS) is 23.5. The third-order valence-electron chi connectivity index (χ3n) is 3.86. The Hall–Kier alpha value is -1.39. The van der Waals surface area contributed by atoms with E-state index in [1.54, 1.807) is 0 Å². The largest absolute Gasteiger partial charge is 0.469 e. The summed E-state index contributed by atoms with van der Waals surface area (Å²) in [6.07, 6.45) is 0. The van der Waals surface area contributed by atoms with Crippen molar-refractivity contribution < 1.29 is 9.53 Å². The van der Waals surface area contributed by atoms with Gasteiger partial charge in [0.25, 0.3) is 0 Å². The van der Waals surface area contributed by atoms with Gasteiger partial charge in [0, 0.05) is 26.2 Å². The average Bonchev–Trinajstić information content (AvgIpc) is 2.79. The van der Waals surface area contributed by atoms with Crippen LogP contribution in [0.2, 0.25) is 0 Å². The van der Waals surface area contributed by atoms with Gasteiger partial charge in [-0.1, -0.05) is 31.2 Å². The summed E-state index contributed by atoms with van der Waals surface area (Å²) in [6, 6.07) is 8.34. The van der Waals surface area contributed by atoms with Gasteiger partial charge < -0.3 is 10.5 Å². The topological polar surface area (TPSA) is 55.6 Å². The van der Waals surface area contributed by atoms with E-state index in [1.165, 1.54) is 12.7 Å². The fraction of sp³-hybridized carbons (Fsp3) is 0.533. The number of carbonyl (C=O) groups excluding carboxylic acids is 1. The first-order valence-corrected chi connectivity index (χ1v) is 6.72. The lowest BCUT2D eigenvalue weighted by atomic mass is 9.99. The van der Waals surface area contributed by atoms with Gasteiger partial charge in [0.05, 0.1) is 13.0 Å². The van der Waals surface area contributed by atoms with Crippen molar-refractivity contribution in [3.8, 4) is 0 Å². The first-order valence-electron chi connectivity index (χ1n) is 6.72. The van der Waals surface area contributed by atoms with E-state index >= 15 is 0 Å². The second kappa shape index (κ2) is 6.17. The highest BCUT2D eigenvalue weighted by molar-refractivity contribution is 5.73. The number of hydrogen-bond donors (Lipinski definition) is 1. The van der Waals surface area contributed by atoms with E-state index in [0.29, 0.717) is 12.5 Å². The number of likely N-dealkylation sites (tertiary alicyclic amines) is 1. The maximum Gasteiger partial charge on any atom is 0.310 e. The van der Waals surface area contributed by atoms with Crippen LogP contribution >= 0.6 is 0 Å². The lowest BCUT2D eigenvalue weighted by molar-refractivity contribution is -0.146. The molecule has 0 bridgehead atoms. The molecule has 1 aliphatic rings. The lowest BCUT2D eigenvalue weighted by Gasteiger charge is -2.15. The molecular weight excluding hydrogens is 240 g/mol. The second-order valence-corrected chi connectivity index (χ2v) is 5.32. The van der Waals surface area contributed by atoms with Crippen LogP contribution in [0.5, 0.6) is 0 Å². The summed E-state index contributed by atoms with van der Waals surface area (Å²) >= 11 is 0. The molecule has 104 valence electrons. The average molecular weight is 262 g/mol. The highest BCUT2D eigenvalue weighted by Crippen LogP contribution is 2.25. The molecule has 1 aromatic rings. The molecule has 2 N–H and O–H groups in total. The van der Waals surface area contributed by atoms with E-state index in [-0.39, 0.29) is 11.9 Å². The van der Waals surface area contributed by atoms with Gasteiger partial charge in [-0.3, -0.25) is 9.69 Å². The number of ether oxygens (including phenoxy) is 1. The van der Waals surface area contributed by atoms with Crippen LogP contribution in [0.15, 0.2) is 24.3 Å². The molecule has 0 amide bonds. The van der Waals surface area contributed by atoms with Crippen LogP contribution in [0.4, 0.5) is 0 Å². The molecule has 19 heavy (non-hydrogen) atoms. The summed E-state index contributed by atoms with van der Waals surface area (Å²) < 4.78 is 4.85. The summed E-state index contributed by atoms with van der Waals surface area (Å²) in [5, 5.41) is 0. The Morgan fingerprint density at radius 3 is 2.53 bits per heavy atom. The summed E-state index contributed by atoms with van der Waals surface area (Å²) in [7, 11) is 1.46. The molecule has 1 saturated heterocycles. The Bertz CT molecular complexity index is 430. The summed E-state index contributed by atoms with van der Waals surface area (Å²) in [5.41, 5.74) is 7.99. The summed E-state index contributed by atoms with van der Waals surface area (Å²) in [4.78, 5) is 14.0. The Kier molecular flexibility index (Phi) is 4.56. The maximum atomic E-state index is 11.6. The fourth-order valence-corrected chi connectivity index (χ4v) is 2.69. The van der Waals surface area contributed by atoms with E-state index < -0.39 is 0 Å². The van der Waals surface area contributed by atoms with Gasteiger partial charge in [-0.25, -0.2) is 0 Å². The zero-order valence-electron chi connectivity index (χ0n) is 11.6. The molecule has 4 nitrogen and oxygen atoms in total. The van der Waals surface area contributed by atoms with Crippen molar-refractivity contribution in [2.24, 2.45) is 17.6 Å². The quantitative estimate of drug-likeness (QED) is 0.833. The molecule has 4 heteroatoms. The smallest absolute Gasteiger partial charge is 0.310 e. The third kappa shape index (κ3) is 3.33. The van der Waals surface area contributed by atoms with Crippen LogP contribution in [0, 0.1) is 11.8 Å². The summed E-state index contributed by atoms with van der Waals surface area (Å²) in [6.45, 7) is 5.29. The minimum atomic E-state index is -0.0894. The first-order chi connectivity index (χ1) is 9.13. The molecule has 2 unspecified atom stereocenters. The van der Waals surface area contributed by atoms with Gasteiger partial charge >= 0.3 is 5.97 Å². The molecule has 0 saturated carbocycles. The molecule has 2 rings (SSSR count). The van der Waals surface area contributed by atoms with E-state index in [1.807, 2.05) is 0 Å². The predicted octanol–water partition coefficient (Wildman–Crippen LogP) is 1.39. The van der Waals surface area contributed by atoms with Crippen molar-refractivity contribution in [2.75, 3.05) is 20.2 Å². The number of rotatable bonds is 4. The Morgan fingerprint density at radius 2 is 1.95 bits per heavy atom. The predicted molar refractivity (Wildman–Crippen MR) is 74.3 cm³/mol. The zero-order chi connectivity index (χ0) is 13.8. The van der Waals surface area contributed by atoms with Crippen molar-refractivity contribution in [2.45, 2.75) is 20.0 Å². The molecule has 1 fully saturated rings. The molecule has 0 aromatic heterocycles.